The van der Waals surface area contributed by atoms with Gasteiger partial charge in [0.15, 0.2) is 11.5 Å². The van der Waals surface area contributed by atoms with E-state index in [1.807, 2.05) is 24.3 Å². The van der Waals surface area contributed by atoms with Crippen LogP contribution < -0.4 is 14.8 Å². The van der Waals surface area contributed by atoms with Crippen LogP contribution in [0.4, 0.5) is 11.4 Å². The van der Waals surface area contributed by atoms with Crippen molar-refractivity contribution in [3.05, 3.63) is 35.4 Å². The van der Waals surface area contributed by atoms with Gasteiger partial charge in [-0.05, 0) is 65.0 Å². The first-order valence-electron chi connectivity index (χ1n) is 13.7. The van der Waals surface area contributed by atoms with E-state index in [2.05, 4.69) is 68.8 Å². The number of para-hydroxylation sites is 1. The zero-order valence-corrected chi connectivity index (χ0v) is 24.5. The molecule has 7 nitrogen and oxygen atoms in total. The minimum Gasteiger partial charge on any atom is -0.491 e. The van der Waals surface area contributed by atoms with Crippen molar-refractivity contribution in [2.75, 3.05) is 44.7 Å². The van der Waals surface area contributed by atoms with Crippen LogP contribution in [0.2, 0.25) is 0 Å². The summed E-state index contributed by atoms with van der Waals surface area (Å²) in [7, 11) is 0. The van der Waals surface area contributed by atoms with Gasteiger partial charge in [-0.2, -0.15) is 10.5 Å². The molecule has 8 heteroatoms. The molecule has 0 amide bonds. The van der Waals surface area contributed by atoms with Gasteiger partial charge in [-0.1, -0.05) is 51.6 Å². The van der Waals surface area contributed by atoms with Crippen LogP contribution in [0.15, 0.2) is 34.1 Å². The SMILES string of the molecule is CCN(CC)C(C)CCOc1c(C#N)c(C#N)c(OCCC(C)N(CC)CC)c2c1Nc1ccccc1S2. The van der Waals surface area contributed by atoms with Gasteiger partial charge < -0.3 is 24.6 Å². The molecule has 0 aliphatic carbocycles. The van der Waals surface area contributed by atoms with Crippen molar-refractivity contribution in [3.63, 3.8) is 0 Å². The third kappa shape index (κ3) is 6.56. The number of fused-ring (bicyclic) bond motifs is 2. The molecule has 0 saturated carbocycles. The van der Waals surface area contributed by atoms with Gasteiger partial charge in [-0.25, -0.2) is 0 Å². The van der Waals surface area contributed by atoms with E-state index >= 15 is 0 Å². The molecule has 1 aliphatic heterocycles. The third-order valence-electron chi connectivity index (χ3n) is 7.38. The Bertz CT molecular complexity index is 1070. The number of nitriles is 2. The van der Waals surface area contributed by atoms with E-state index in [1.54, 1.807) is 11.8 Å². The summed E-state index contributed by atoms with van der Waals surface area (Å²) >= 11 is 1.55. The topological polar surface area (TPSA) is 84.5 Å². The van der Waals surface area contributed by atoms with Crippen LogP contribution in [0.5, 0.6) is 11.5 Å². The molecular formula is C30H41N5O2S. The lowest BCUT2D eigenvalue weighted by Gasteiger charge is -2.29. The smallest absolute Gasteiger partial charge is 0.163 e. The minimum atomic E-state index is 0.223. The first-order valence-corrected chi connectivity index (χ1v) is 14.6. The lowest BCUT2D eigenvalue weighted by molar-refractivity contribution is 0.186. The van der Waals surface area contributed by atoms with Gasteiger partial charge in [0.2, 0.25) is 0 Å². The molecule has 2 unspecified atom stereocenters. The van der Waals surface area contributed by atoms with Crippen LogP contribution in [-0.2, 0) is 0 Å². The van der Waals surface area contributed by atoms with Gasteiger partial charge in [0.1, 0.15) is 29.0 Å². The molecule has 0 spiro atoms. The van der Waals surface area contributed by atoms with Crippen LogP contribution >= 0.6 is 11.8 Å². The summed E-state index contributed by atoms with van der Waals surface area (Å²) in [5, 5.41) is 23.9. The van der Waals surface area contributed by atoms with E-state index in [4.69, 9.17) is 9.47 Å². The van der Waals surface area contributed by atoms with Crippen molar-refractivity contribution < 1.29 is 9.47 Å². The van der Waals surface area contributed by atoms with E-state index in [1.165, 1.54) is 0 Å². The lowest BCUT2D eigenvalue weighted by Crippen LogP contribution is -2.34. The maximum Gasteiger partial charge on any atom is 0.163 e. The maximum atomic E-state index is 10.2. The highest BCUT2D eigenvalue weighted by Gasteiger charge is 2.31. The number of anilines is 2. The summed E-state index contributed by atoms with van der Waals surface area (Å²) in [4.78, 5) is 6.59. The summed E-state index contributed by atoms with van der Waals surface area (Å²) < 4.78 is 12.6. The quantitative estimate of drug-likeness (QED) is 0.246. The van der Waals surface area contributed by atoms with Gasteiger partial charge in [-0.3, -0.25) is 0 Å². The number of ether oxygens (including phenoxy) is 2. The molecule has 0 bridgehead atoms. The summed E-state index contributed by atoms with van der Waals surface area (Å²) in [5.74, 6) is 0.887. The maximum absolute atomic E-state index is 10.2. The molecule has 3 rings (SSSR count). The monoisotopic (exact) mass is 535 g/mol. The van der Waals surface area contributed by atoms with Gasteiger partial charge in [0, 0.05) is 17.0 Å². The summed E-state index contributed by atoms with van der Waals surface area (Å²) in [6.45, 7) is 17.8. The number of benzene rings is 2. The Morgan fingerprint density at radius 2 is 1.32 bits per heavy atom. The van der Waals surface area contributed by atoms with Crippen LogP contribution in [-0.4, -0.2) is 61.3 Å². The fourth-order valence-electron chi connectivity index (χ4n) is 5.01. The molecule has 0 radical (unpaired) electrons. The molecule has 0 aromatic heterocycles. The van der Waals surface area contributed by atoms with E-state index < -0.39 is 0 Å². The second kappa shape index (κ2) is 14.3. The molecule has 1 aliphatic rings. The first-order chi connectivity index (χ1) is 18.4. The van der Waals surface area contributed by atoms with Crippen molar-refractivity contribution in [2.45, 2.75) is 76.3 Å². The van der Waals surface area contributed by atoms with Crippen molar-refractivity contribution in [2.24, 2.45) is 0 Å². The van der Waals surface area contributed by atoms with Crippen molar-refractivity contribution >= 4 is 23.1 Å². The Balaban J connectivity index is 1.97. The van der Waals surface area contributed by atoms with Crippen molar-refractivity contribution in [1.29, 1.82) is 10.5 Å². The van der Waals surface area contributed by atoms with Gasteiger partial charge in [-0.15, -0.1) is 0 Å². The number of hydrogen-bond donors (Lipinski definition) is 1. The average Bonchev–Trinajstić information content (AvgIpc) is 2.93. The van der Waals surface area contributed by atoms with E-state index in [0.29, 0.717) is 42.5 Å². The Labute approximate surface area is 232 Å². The standard InChI is InChI=1S/C30H41N5O2S/c1-7-34(8-2)21(5)15-17-36-28-23(19-31)24(20-32)29(37-18-16-22(6)35(9-3)10-4)30-27(28)33-25-13-11-12-14-26(25)38-30/h11-14,21-22,33H,7-10,15-18H2,1-6H3. The fraction of sp³-hybridized carbons (Fsp3) is 0.533. The molecule has 2 aromatic rings. The van der Waals surface area contributed by atoms with E-state index in [9.17, 15) is 10.5 Å². The fourth-order valence-corrected chi connectivity index (χ4v) is 6.11. The zero-order valence-electron chi connectivity index (χ0n) is 23.6. The molecular weight excluding hydrogens is 494 g/mol. The Morgan fingerprint density at radius 3 is 1.84 bits per heavy atom. The number of nitrogens with zero attached hydrogens (tertiary/aromatic N) is 4. The molecule has 2 aromatic carbocycles. The first kappa shape index (κ1) is 29.6. The van der Waals surface area contributed by atoms with Crippen molar-refractivity contribution in [1.82, 2.24) is 9.80 Å². The second-order valence-electron chi connectivity index (χ2n) is 9.47. The van der Waals surface area contributed by atoms with E-state index in [0.717, 1.165) is 54.5 Å². The van der Waals surface area contributed by atoms with Gasteiger partial charge >= 0.3 is 0 Å². The summed E-state index contributed by atoms with van der Waals surface area (Å²) in [6.07, 6.45) is 1.63. The average molecular weight is 536 g/mol. The predicted octanol–water partition coefficient (Wildman–Crippen LogP) is 6.64. The van der Waals surface area contributed by atoms with Crippen LogP contribution in [0, 0.1) is 22.7 Å². The minimum absolute atomic E-state index is 0.223. The van der Waals surface area contributed by atoms with Crippen molar-refractivity contribution in [3.8, 4) is 23.6 Å². The Hall–Kier alpha value is -2.91. The highest BCUT2D eigenvalue weighted by atomic mass is 32.2. The molecule has 0 saturated heterocycles. The zero-order chi connectivity index (χ0) is 27.7. The normalized spacial score (nSPS) is 13.6. The Morgan fingerprint density at radius 1 is 0.816 bits per heavy atom. The molecule has 1 N–H and O–H groups in total. The number of rotatable bonds is 14. The van der Waals surface area contributed by atoms with Gasteiger partial charge in [0.05, 0.1) is 23.8 Å². The summed E-state index contributed by atoms with van der Waals surface area (Å²) in [6, 6.07) is 13.2. The Kier molecular flexibility index (Phi) is 11.2. The van der Waals surface area contributed by atoms with Crippen LogP contribution in [0.3, 0.4) is 0 Å². The largest absolute Gasteiger partial charge is 0.491 e. The van der Waals surface area contributed by atoms with E-state index in [-0.39, 0.29) is 11.1 Å². The lowest BCUT2D eigenvalue weighted by atomic mass is 10.0. The second-order valence-corrected chi connectivity index (χ2v) is 10.5. The molecule has 1 heterocycles. The predicted molar refractivity (Wildman–Crippen MR) is 155 cm³/mol. The molecule has 0 fully saturated rings. The van der Waals surface area contributed by atoms with Crippen LogP contribution in [0.25, 0.3) is 0 Å². The highest BCUT2D eigenvalue weighted by molar-refractivity contribution is 7.99. The molecule has 38 heavy (non-hydrogen) atoms. The third-order valence-corrected chi connectivity index (χ3v) is 8.55. The number of nitrogens with one attached hydrogen (secondary N) is 1. The molecule has 204 valence electrons. The van der Waals surface area contributed by atoms with Crippen LogP contribution in [0.1, 0.15) is 65.5 Å². The van der Waals surface area contributed by atoms with Gasteiger partial charge in [0.25, 0.3) is 0 Å². The number of hydrogen-bond acceptors (Lipinski definition) is 8. The highest BCUT2D eigenvalue weighted by Crippen LogP contribution is 2.54. The summed E-state index contributed by atoms with van der Waals surface area (Å²) in [5.41, 5.74) is 2.11. The molecule has 2 atom stereocenters.